The summed E-state index contributed by atoms with van der Waals surface area (Å²) in [5.74, 6) is 0.154. The Hall–Kier alpha value is -1.98. The SMILES string of the molecule is C=N/C=C(/C=O)C=NCCN(CCNC)CCOCCOCCC(=O)N1CCNCC1. The van der Waals surface area contributed by atoms with E-state index in [0.717, 1.165) is 52.4 Å². The minimum atomic E-state index is 0.154. The summed E-state index contributed by atoms with van der Waals surface area (Å²) in [5.41, 5.74) is 0.398. The van der Waals surface area contributed by atoms with Gasteiger partial charge >= 0.3 is 0 Å². The normalized spacial score (nSPS) is 15.0. The highest BCUT2D eigenvalue weighted by atomic mass is 16.5. The van der Waals surface area contributed by atoms with Crippen LogP contribution in [-0.2, 0) is 19.1 Å². The van der Waals surface area contributed by atoms with Gasteiger partial charge in [0.05, 0.1) is 45.0 Å². The number of carbonyl (C=O) groups is 2. The van der Waals surface area contributed by atoms with Crippen LogP contribution in [0, 0.1) is 0 Å². The predicted octanol–water partition coefficient (Wildman–Crippen LogP) is -0.783. The number of ether oxygens (including phenoxy) is 2. The van der Waals surface area contributed by atoms with Crippen molar-refractivity contribution in [3.05, 3.63) is 11.8 Å². The Morgan fingerprint density at radius 1 is 1.16 bits per heavy atom. The second kappa shape index (κ2) is 18.8. The Bertz CT molecular complexity index is 564. The minimum Gasteiger partial charge on any atom is -0.379 e. The molecular formula is C21H38N6O4. The zero-order valence-electron chi connectivity index (χ0n) is 18.8. The molecule has 0 aromatic heterocycles. The zero-order chi connectivity index (χ0) is 22.6. The van der Waals surface area contributed by atoms with E-state index in [1.165, 1.54) is 12.4 Å². The molecule has 31 heavy (non-hydrogen) atoms. The number of aliphatic imine (C=N–C) groups is 2. The Labute approximate surface area is 185 Å². The number of carbonyl (C=O) groups excluding carboxylic acids is 2. The second-order valence-electron chi connectivity index (χ2n) is 7.02. The van der Waals surface area contributed by atoms with E-state index in [4.69, 9.17) is 9.47 Å². The van der Waals surface area contributed by atoms with Crippen molar-refractivity contribution in [3.63, 3.8) is 0 Å². The number of rotatable bonds is 18. The first kappa shape index (κ1) is 27.1. The van der Waals surface area contributed by atoms with Crippen molar-refractivity contribution < 1.29 is 19.1 Å². The van der Waals surface area contributed by atoms with Crippen LogP contribution in [0.15, 0.2) is 21.8 Å². The van der Waals surface area contributed by atoms with E-state index in [0.29, 0.717) is 51.3 Å². The average molecular weight is 439 g/mol. The highest BCUT2D eigenvalue weighted by Gasteiger charge is 2.15. The van der Waals surface area contributed by atoms with Crippen LogP contribution in [-0.4, -0.2) is 127 Å². The molecule has 0 aromatic carbocycles. The summed E-state index contributed by atoms with van der Waals surface area (Å²) in [6.45, 7) is 12.5. The highest BCUT2D eigenvalue weighted by Crippen LogP contribution is 1.97. The van der Waals surface area contributed by atoms with Crippen molar-refractivity contribution in [2.75, 3.05) is 92.4 Å². The molecule has 2 N–H and O–H groups in total. The van der Waals surface area contributed by atoms with Crippen LogP contribution in [0.5, 0.6) is 0 Å². The van der Waals surface area contributed by atoms with Gasteiger partial charge in [-0.3, -0.25) is 24.5 Å². The molecule has 10 nitrogen and oxygen atoms in total. The standard InChI is InChI=1S/C21H38N6O4/c1-22-4-8-26(9-5-25-18-20(19-28)17-23-2)12-14-31-16-15-30-13-3-21(29)27-10-6-24-7-11-27/h17-19,22,24H,2-16H2,1H3/b20-17+,25-18?. The number of nitrogens with zero attached hydrogens (tertiary/aromatic N) is 4. The molecule has 0 aromatic rings. The molecule has 176 valence electrons. The van der Waals surface area contributed by atoms with Crippen LogP contribution in [0.4, 0.5) is 0 Å². The maximum absolute atomic E-state index is 12.0. The molecule has 1 saturated heterocycles. The molecule has 1 aliphatic heterocycles. The van der Waals surface area contributed by atoms with Crippen molar-refractivity contribution in [1.82, 2.24) is 20.4 Å². The number of hydrogen-bond acceptors (Lipinski definition) is 9. The molecule has 0 radical (unpaired) electrons. The molecule has 0 bridgehead atoms. The number of likely N-dealkylation sites (N-methyl/N-ethyl adjacent to an activating group) is 1. The third-order valence-electron chi connectivity index (χ3n) is 4.69. The van der Waals surface area contributed by atoms with E-state index in [1.807, 2.05) is 11.9 Å². The summed E-state index contributed by atoms with van der Waals surface area (Å²) in [7, 11) is 1.92. The lowest BCUT2D eigenvalue weighted by Crippen LogP contribution is -2.46. The molecule has 0 atom stereocenters. The molecule has 10 heteroatoms. The van der Waals surface area contributed by atoms with Gasteiger partial charge in [-0.25, -0.2) is 0 Å². The van der Waals surface area contributed by atoms with Gasteiger partial charge in [0, 0.05) is 64.8 Å². The van der Waals surface area contributed by atoms with Gasteiger partial charge in [-0.2, -0.15) is 0 Å². The third-order valence-corrected chi connectivity index (χ3v) is 4.69. The first-order chi connectivity index (χ1) is 15.2. The smallest absolute Gasteiger partial charge is 0.224 e. The van der Waals surface area contributed by atoms with Gasteiger partial charge in [-0.1, -0.05) is 0 Å². The molecule has 0 saturated carbocycles. The molecule has 1 heterocycles. The number of aldehydes is 1. The molecule has 0 aliphatic carbocycles. The number of piperazine rings is 1. The van der Waals surface area contributed by atoms with Gasteiger partial charge in [0.15, 0.2) is 6.29 Å². The molecule has 0 spiro atoms. The van der Waals surface area contributed by atoms with Gasteiger partial charge in [-0.15, -0.1) is 0 Å². The van der Waals surface area contributed by atoms with Crippen LogP contribution < -0.4 is 10.6 Å². The summed E-state index contributed by atoms with van der Waals surface area (Å²) in [6.07, 6.45) is 4.01. The van der Waals surface area contributed by atoms with E-state index in [9.17, 15) is 9.59 Å². The highest BCUT2D eigenvalue weighted by molar-refractivity contribution is 6.01. The van der Waals surface area contributed by atoms with Gasteiger partial charge < -0.3 is 25.0 Å². The van der Waals surface area contributed by atoms with E-state index in [1.54, 1.807) is 0 Å². The average Bonchev–Trinajstić information content (AvgIpc) is 2.80. The van der Waals surface area contributed by atoms with Crippen LogP contribution in [0.1, 0.15) is 6.42 Å². The second-order valence-corrected chi connectivity index (χ2v) is 7.02. The van der Waals surface area contributed by atoms with Crippen LogP contribution in [0.2, 0.25) is 0 Å². The van der Waals surface area contributed by atoms with Crippen LogP contribution in [0.25, 0.3) is 0 Å². The summed E-state index contributed by atoms with van der Waals surface area (Å²) >= 11 is 0. The fraction of sp³-hybridized carbons (Fsp3) is 0.714. The predicted molar refractivity (Wildman–Crippen MR) is 123 cm³/mol. The number of allylic oxidation sites excluding steroid dienone is 1. The van der Waals surface area contributed by atoms with Gasteiger partial charge in [-0.05, 0) is 13.8 Å². The van der Waals surface area contributed by atoms with Crippen molar-refractivity contribution >= 4 is 25.1 Å². The maximum atomic E-state index is 12.0. The fourth-order valence-corrected chi connectivity index (χ4v) is 2.92. The van der Waals surface area contributed by atoms with Crippen LogP contribution >= 0.6 is 0 Å². The Morgan fingerprint density at radius 3 is 2.58 bits per heavy atom. The lowest BCUT2D eigenvalue weighted by Gasteiger charge is -2.27. The molecule has 1 amide bonds. The maximum Gasteiger partial charge on any atom is 0.224 e. The fourth-order valence-electron chi connectivity index (χ4n) is 2.92. The van der Waals surface area contributed by atoms with Crippen molar-refractivity contribution in [3.8, 4) is 0 Å². The lowest BCUT2D eigenvalue weighted by molar-refractivity contribution is -0.133. The topological polar surface area (TPSA) is 108 Å². The Balaban J connectivity index is 2.11. The van der Waals surface area contributed by atoms with Gasteiger partial charge in [0.25, 0.3) is 0 Å². The third kappa shape index (κ3) is 13.8. The van der Waals surface area contributed by atoms with Gasteiger partial charge in [0.1, 0.15) is 0 Å². The van der Waals surface area contributed by atoms with E-state index < -0.39 is 0 Å². The number of nitrogens with one attached hydrogen (secondary N) is 2. The van der Waals surface area contributed by atoms with Crippen LogP contribution in [0.3, 0.4) is 0 Å². The number of amides is 1. The van der Waals surface area contributed by atoms with Crippen molar-refractivity contribution in [2.45, 2.75) is 6.42 Å². The van der Waals surface area contributed by atoms with Gasteiger partial charge in [0.2, 0.25) is 5.91 Å². The first-order valence-corrected chi connectivity index (χ1v) is 10.8. The molecular weight excluding hydrogens is 400 g/mol. The summed E-state index contributed by atoms with van der Waals surface area (Å²) in [6, 6.07) is 0. The summed E-state index contributed by atoms with van der Waals surface area (Å²) < 4.78 is 11.2. The molecule has 1 aliphatic rings. The number of hydrogen-bond donors (Lipinski definition) is 2. The summed E-state index contributed by atoms with van der Waals surface area (Å²) in [4.78, 5) is 34.8. The monoisotopic (exact) mass is 438 g/mol. The minimum absolute atomic E-state index is 0.154. The quantitative estimate of drug-likeness (QED) is 0.125. The Morgan fingerprint density at radius 2 is 1.90 bits per heavy atom. The van der Waals surface area contributed by atoms with Crippen molar-refractivity contribution in [1.29, 1.82) is 0 Å². The van der Waals surface area contributed by atoms with E-state index >= 15 is 0 Å². The zero-order valence-corrected chi connectivity index (χ0v) is 18.8. The Kier molecular flexibility index (Phi) is 16.4. The van der Waals surface area contributed by atoms with E-state index in [2.05, 4.69) is 32.2 Å². The summed E-state index contributed by atoms with van der Waals surface area (Å²) in [5, 5.41) is 6.37. The molecule has 1 fully saturated rings. The molecule has 0 unspecified atom stereocenters. The van der Waals surface area contributed by atoms with Crippen molar-refractivity contribution in [2.24, 2.45) is 9.98 Å². The first-order valence-electron chi connectivity index (χ1n) is 10.8. The molecule has 1 rings (SSSR count). The lowest BCUT2D eigenvalue weighted by atomic mass is 10.3. The largest absolute Gasteiger partial charge is 0.379 e. The van der Waals surface area contributed by atoms with E-state index in [-0.39, 0.29) is 5.91 Å².